The van der Waals surface area contributed by atoms with Gasteiger partial charge in [0.25, 0.3) is 5.91 Å². The van der Waals surface area contributed by atoms with Crippen LogP contribution in [0.2, 0.25) is 10.0 Å². The standard InChI is InChI=1S/C18H17Cl2N3O2/c1-11(25-16-7-4-13(19)10-15(16)20)18(24)23-14-5-2-12(3-6-14)17-21-8-9-22-17/h2-7,10-11H,8-9H2,1H3,(H,21,22)(H,23,24). The SMILES string of the molecule is CC(Oc1ccc(Cl)cc1Cl)C(=O)Nc1ccc(C2=NCCN2)cc1. The number of hydrogen-bond donors (Lipinski definition) is 2. The van der Waals surface area contributed by atoms with Crippen molar-refractivity contribution in [3.8, 4) is 5.75 Å². The minimum atomic E-state index is -0.709. The fraction of sp³-hybridized carbons (Fsp3) is 0.222. The molecule has 0 fully saturated rings. The summed E-state index contributed by atoms with van der Waals surface area (Å²) in [6.45, 7) is 3.30. The average molecular weight is 378 g/mol. The van der Waals surface area contributed by atoms with Gasteiger partial charge in [-0.3, -0.25) is 9.79 Å². The summed E-state index contributed by atoms with van der Waals surface area (Å²) in [7, 11) is 0. The zero-order valence-electron chi connectivity index (χ0n) is 13.6. The van der Waals surface area contributed by atoms with E-state index in [2.05, 4.69) is 15.6 Å². The van der Waals surface area contributed by atoms with Gasteiger partial charge in [0.15, 0.2) is 6.10 Å². The molecule has 1 amide bonds. The van der Waals surface area contributed by atoms with E-state index in [0.717, 1.165) is 24.5 Å². The van der Waals surface area contributed by atoms with Crippen LogP contribution in [0.5, 0.6) is 5.75 Å². The number of anilines is 1. The molecule has 7 heteroatoms. The highest BCUT2D eigenvalue weighted by atomic mass is 35.5. The van der Waals surface area contributed by atoms with E-state index in [4.69, 9.17) is 27.9 Å². The first-order valence-electron chi connectivity index (χ1n) is 7.84. The molecular weight excluding hydrogens is 361 g/mol. The molecule has 1 aliphatic heterocycles. The number of rotatable bonds is 5. The Kier molecular flexibility index (Phi) is 5.46. The summed E-state index contributed by atoms with van der Waals surface area (Å²) in [4.78, 5) is 16.7. The van der Waals surface area contributed by atoms with E-state index in [1.165, 1.54) is 0 Å². The summed E-state index contributed by atoms with van der Waals surface area (Å²) in [5, 5.41) is 6.90. The van der Waals surface area contributed by atoms with Gasteiger partial charge in [0.05, 0.1) is 11.6 Å². The van der Waals surface area contributed by atoms with Crippen molar-refractivity contribution in [1.29, 1.82) is 0 Å². The van der Waals surface area contributed by atoms with Crippen molar-refractivity contribution >= 4 is 40.6 Å². The molecule has 2 aromatic carbocycles. The summed E-state index contributed by atoms with van der Waals surface area (Å²) in [5.74, 6) is 1.02. The Labute approximate surface area is 156 Å². The fourth-order valence-corrected chi connectivity index (χ4v) is 2.81. The average Bonchev–Trinajstić information content (AvgIpc) is 3.12. The maximum absolute atomic E-state index is 12.3. The van der Waals surface area contributed by atoms with Gasteiger partial charge in [-0.15, -0.1) is 0 Å². The molecule has 0 radical (unpaired) electrons. The van der Waals surface area contributed by atoms with Crippen LogP contribution >= 0.6 is 23.2 Å². The smallest absolute Gasteiger partial charge is 0.265 e. The zero-order valence-corrected chi connectivity index (χ0v) is 15.1. The third kappa shape index (κ3) is 4.44. The van der Waals surface area contributed by atoms with Crippen molar-refractivity contribution in [1.82, 2.24) is 5.32 Å². The number of carbonyl (C=O) groups excluding carboxylic acids is 1. The van der Waals surface area contributed by atoms with Gasteiger partial charge in [0.2, 0.25) is 0 Å². The lowest BCUT2D eigenvalue weighted by Gasteiger charge is -2.16. The first kappa shape index (κ1) is 17.6. The second-order valence-corrected chi connectivity index (χ2v) is 6.40. The first-order valence-corrected chi connectivity index (χ1v) is 8.60. The number of benzene rings is 2. The van der Waals surface area contributed by atoms with Gasteiger partial charge in [-0.25, -0.2) is 0 Å². The van der Waals surface area contributed by atoms with Crippen molar-refractivity contribution in [3.05, 3.63) is 58.1 Å². The second-order valence-electron chi connectivity index (χ2n) is 5.56. The molecule has 5 nitrogen and oxygen atoms in total. The molecule has 0 aromatic heterocycles. The highest BCUT2D eigenvalue weighted by Crippen LogP contribution is 2.28. The predicted octanol–water partition coefficient (Wildman–Crippen LogP) is 3.75. The predicted molar refractivity (Wildman–Crippen MR) is 101 cm³/mol. The molecule has 0 bridgehead atoms. The highest BCUT2D eigenvalue weighted by molar-refractivity contribution is 6.35. The van der Waals surface area contributed by atoms with Crippen LogP contribution < -0.4 is 15.4 Å². The van der Waals surface area contributed by atoms with Crippen molar-refractivity contribution in [2.45, 2.75) is 13.0 Å². The number of ether oxygens (including phenoxy) is 1. The zero-order chi connectivity index (χ0) is 17.8. The summed E-state index contributed by atoms with van der Waals surface area (Å²) >= 11 is 11.9. The van der Waals surface area contributed by atoms with Gasteiger partial charge in [0, 0.05) is 22.8 Å². The minimum Gasteiger partial charge on any atom is -0.479 e. The van der Waals surface area contributed by atoms with Crippen molar-refractivity contribution < 1.29 is 9.53 Å². The molecule has 0 aliphatic carbocycles. The van der Waals surface area contributed by atoms with Crippen LogP contribution in [0.3, 0.4) is 0 Å². The molecule has 25 heavy (non-hydrogen) atoms. The number of amides is 1. The molecule has 0 spiro atoms. The van der Waals surface area contributed by atoms with Gasteiger partial charge < -0.3 is 15.4 Å². The normalized spacial score (nSPS) is 14.4. The third-order valence-electron chi connectivity index (χ3n) is 3.67. The lowest BCUT2D eigenvalue weighted by Crippen LogP contribution is -2.30. The van der Waals surface area contributed by atoms with Gasteiger partial charge in [0.1, 0.15) is 11.6 Å². The van der Waals surface area contributed by atoms with Crippen LogP contribution in [-0.4, -0.2) is 30.9 Å². The van der Waals surface area contributed by atoms with E-state index >= 15 is 0 Å². The van der Waals surface area contributed by atoms with Crippen LogP contribution in [-0.2, 0) is 4.79 Å². The maximum Gasteiger partial charge on any atom is 0.265 e. The third-order valence-corrected chi connectivity index (χ3v) is 4.20. The topological polar surface area (TPSA) is 62.7 Å². The number of amidine groups is 1. The van der Waals surface area contributed by atoms with E-state index in [9.17, 15) is 4.79 Å². The molecule has 1 atom stereocenters. The summed E-state index contributed by atoms with van der Waals surface area (Å²) in [5.41, 5.74) is 1.68. The number of nitrogens with one attached hydrogen (secondary N) is 2. The second kappa shape index (κ2) is 7.76. The summed E-state index contributed by atoms with van der Waals surface area (Å²) in [6, 6.07) is 12.4. The maximum atomic E-state index is 12.3. The molecule has 0 saturated heterocycles. The molecule has 130 valence electrons. The number of aliphatic imine (C=N–C) groups is 1. The monoisotopic (exact) mass is 377 g/mol. The van der Waals surface area contributed by atoms with Gasteiger partial charge in [-0.2, -0.15) is 0 Å². The van der Waals surface area contributed by atoms with Crippen LogP contribution in [0.4, 0.5) is 5.69 Å². The highest BCUT2D eigenvalue weighted by Gasteiger charge is 2.17. The Morgan fingerprint density at radius 1 is 1.24 bits per heavy atom. The van der Waals surface area contributed by atoms with E-state index in [0.29, 0.717) is 21.5 Å². The quantitative estimate of drug-likeness (QED) is 0.833. The number of carbonyl (C=O) groups is 1. The first-order chi connectivity index (χ1) is 12.0. The Morgan fingerprint density at radius 3 is 2.64 bits per heavy atom. The van der Waals surface area contributed by atoms with E-state index in [1.54, 1.807) is 25.1 Å². The van der Waals surface area contributed by atoms with Crippen molar-refractivity contribution in [2.75, 3.05) is 18.4 Å². The van der Waals surface area contributed by atoms with E-state index in [1.807, 2.05) is 24.3 Å². The largest absolute Gasteiger partial charge is 0.479 e. The molecular formula is C18H17Cl2N3O2. The number of halogens is 2. The molecule has 1 heterocycles. The molecule has 2 aromatic rings. The lowest BCUT2D eigenvalue weighted by atomic mass is 10.2. The molecule has 1 unspecified atom stereocenters. The van der Waals surface area contributed by atoms with Gasteiger partial charge in [-0.1, -0.05) is 23.2 Å². The minimum absolute atomic E-state index is 0.268. The van der Waals surface area contributed by atoms with Crippen LogP contribution in [0.15, 0.2) is 47.5 Å². The summed E-state index contributed by atoms with van der Waals surface area (Å²) < 4.78 is 5.61. The molecule has 2 N–H and O–H groups in total. The Bertz CT molecular complexity index is 806. The number of nitrogens with zero attached hydrogens (tertiary/aromatic N) is 1. The molecule has 3 rings (SSSR count). The molecule has 0 saturated carbocycles. The van der Waals surface area contributed by atoms with Crippen LogP contribution in [0, 0.1) is 0 Å². The van der Waals surface area contributed by atoms with E-state index < -0.39 is 6.10 Å². The Balaban J connectivity index is 1.61. The van der Waals surface area contributed by atoms with Gasteiger partial charge >= 0.3 is 0 Å². The van der Waals surface area contributed by atoms with Crippen molar-refractivity contribution in [2.24, 2.45) is 4.99 Å². The Hall–Kier alpha value is -2.24. The van der Waals surface area contributed by atoms with Crippen molar-refractivity contribution in [3.63, 3.8) is 0 Å². The van der Waals surface area contributed by atoms with E-state index in [-0.39, 0.29) is 5.91 Å². The van der Waals surface area contributed by atoms with Crippen LogP contribution in [0.25, 0.3) is 0 Å². The fourth-order valence-electron chi connectivity index (χ4n) is 2.36. The number of hydrogen-bond acceptors (Lipinski definition) is 4. The lowest BCUT2D eigenvalue weighted by molar-refractivity contribution is -0.122. The molecule has 1 aliphatic rings. The van der Waals surface area contributed by atoms with Crippen LogP contribution in [0.1, 0.15) is 12.5 Å². The van der Waals surface area contributed by atoms with Gasteiger partial charge in [-0.05, 0) is 49.4 Å². The summed E-state index contributed by atoms with van der Waals surface area (Å²) in [6.07, 6.45) is -0.709. The Morgan fingerprint density at radius 2 is 2.00 bits per heavy atom.